The molecular formula is C14H11ClN2O2S. The molecule has 0 saturated carbocycles. The number of hydrogen-bond donors (Lipinski definition) is 0. The number of hydrogen-bond acceptors (Lipinski definition) is 3. The molecule has 0 aliphatic heterocycles. The Morgan fingerprint density at radius 3 is 2.55 bits per heavy atom. The van der Waals surface area contributed by atoms with Gasteiger partial charge in [-0.05, 0) is 36.8 Å². The van der Waals surface area contributed by atoms with E-state index in [1.165, 1.54) is 10.2 Å². The second-order valence-electron chi connectivity index (χ2n) is 4.43. The maximum absolute atomic E-state index is 12.6. The van der Waals surface area contributed by atoms with Gasteiger partial charge < -0.3 is 0 Å². The van der Waals surface area contributed by atoms with Crippen molar-refractivity contribution in [3.8, 4) is 0 Å². The molecule has 0 spiro atoms. The van der Waals surface area contributed by atoms with E-state index in [4.69, 9.17) is 11.6 Å². The average Bonchev–Trinajstić information content (AvgIpc) is 2.84. The van der Waals surface area contributed by atoms with Gasteiger partial charge in [0.15, 0.2) is 0 Å². The van der Waals surface area contributed by atoms with E-state index in [0.717, 1.165) is 5.56 Å². The van der Waals surface area contributed by atoms with Crippen LogP contribution >= 0.6 is 11.6 Å². The number of aromatic nitrogens is 2. The van der Waals surface area contributed by atoms with E-state index in [1.807, 2.05) is 0 Å². The van der Waals surface area contributed by atoms with Crippen molar-refractivity contribution in [1.29, 1.82) is 0 Å². The number of benzene rings is 1. The predicted octanol–water partition coefficient (Wildman–Crippen LogP) is 3.24. The molecule has 2 heterocycles. The van der Waals surface area contributed by atoms with Gasteiger partial charge >= 0.3 is 0 Å². The van der Waals surface area contributed by atoms with E-state index in [9.17, 15) is 8.42 Å². The van der Waals surface area contributed by atoms with Crippen molar-refractivity contribution in [3.63, 3.8) is 0 Å². The van der Waals surface area contributed by atoms with Gasteiger partial charge in [0.25, 0.3) is 10.0 Å². The minimum atomic E-state index is -3.62. The van der Waals surface area contributed by atoms with E-state index in [2.05, 4.69) is 4.98 Å². The van der Waals surface area contributed by atoms with Crippen molar-refractivity contribution >= 4 is 32.7 Å². The highest BCUT2D eigenvalue weighted by Gasteiger charge is 2.19. The zero-order chi connectivity index (χ0) is 14.3. The molecule has 0 aliphatic carbocycles. The summed E-state index contributed by atoms with van der Waals surface area (Å²) in [5.41, 5.74) is 1.82. The molecule has 3 rings (SSSR count). The molecule has 0 atom stereocenters. The summed E-state index contributed by atoms with van der Waals surface area (Å²) in [6.45, 7) is 1.79. The van der Waals surface area contributed by atoms with E-state index in [0.29, 0.717) is 16.2 Å². The van der Waals surface area contributed by atoms with Crippen LogP contribution in [-0.2, 0) is 10.0 Å². The van der Waals surface area contributed by atoms with Crippen LogP contribution in [0.2, 0.25) is 5.15 Å². The third-order valence-corrected chi connectivity index (χ3v) is 5.15. The summed E-state index contributed by atoms with van der Waals surface area (Å²) in [5, 5.41) is 0.382. The highest BCUT2D eigenvalue weighted by atomic mass is 35.5. The maximum Gasteiger partial charge on any atom is 0.268 e. The average molecular weight is 307 g/mol. The van der Waals surface area contributed by atoms with Crippen LogP contribution in [0.15, 0.2) is 53.6 Å². The molecule has 2 aromatic heterocycles. The molecule has 0 radical (unpaired) electrons. The largest absolute Gasteiger partial charge is 0.268 e. The summed E-state index contributed by atoms with van der Waals surface area (Å²) in [4.78, 5) is 4.42. The summed E-state index contributed by atoms with van der Waals surface area (Å²) in [6, 6.07) is 11.7. The van der Waals surface area contributed by atoms with Gasteiger partial charge in [-0.1, -0.05) is 29.8 Å². The maximum atomic E-state index is 12.6. The predicted molar refractivity (Wildman–Crippen MR) is 78.5 cm³/mol. The van der Waals surface area contributed by atoms with Crippen molar-refractivity contribution in [2.24, 2.45) is 0 Å². The number of rotatable bonds is 2. The van der Waals surface area contributed by atoms with E-state index < -0.39 is 10.0 Å². The molecule has 0 aliphatic rings. The fourth-order valence-corrected chi connectivity index (χ4v) is 3.52. The van der Waals surface area contributed by atoms with E-state index in [-0.39, 0.29) is 4.90 Å². The van der Waals surface area contributed by atoms with Crippen LogP contribution in [-0.4, -0.2) is 17.4 Å². The first kappa shape index (κ1) is 13.1. The van der Waals surface area contributed by atoms with Gasteiger partial charge in [-0.3, -0.25) is 0 Å². The van der Waals surface area contributed by atoms with Gasteiger partial charge in [0.2, 0.25) is 0 Å². The summed E-state index contributed by atoms with van der Waals surface area (Å²) < 4.78 is 26.4. The minimum Gasteiger partial charge on any atom is -0.239 e. The molecule has 0 N–H and O–H groups in total. The van der Waals surface area contributed by atoms with Crippen LogP contribution in [0.25, 0.3) is 11.0 Å². The number of halogens is 1. The van der Waals surface area contributed by atoms with Gasteiger partial charge in [-0.2, -0.15) is 0 Å². The number of fused-ring (bicyclic) bond motifs is 1. The van der Waals surface area contributed by atoms with Crippen LogP contribution in [0.5, 0.6) is 0 Å². The zero-order valence-corrected chi connectivity index (χ0v) is 12.2. The van der Waals surface area contributed by atoms with Crippen molar-refractivity contribution in [2.45, 2.75) is 11.8 Å². The Morgan fingerprint density at radius 2 is 1.85 bits per heavy atom. The topological polar surface area (TPSA) is 52.0 Å². The van der Waals surface area contributed by atoms with Crippen LogP contribution in [0, 0.1) is 6.92 Å². The highest BCUT2D eigenvalue weighted by molar-refractivity contribution is 7.90. The molecule has 0 fully saturated rings. The first-order valence-electron chi connectivity index (χ1n) is 5.95. The highest BCUT2D eigenvalue weighted by Crippen LogP contribution is 2.24. The van der Waals surface area contributed by atoms with Gasteiger partial charge in [-0.25, -0.2) is 17.4 Å². The monoisotopic (exact) mass is 306 g/mol. The first-order chi connectivity index (χ1) is 9.50. The summed E-state index contributed by atoms with van der Waals surface area (Å²) in [6.07, 6.45) is 1.50. The quantitative estimate of drug-likeness (QED) is 0.683. The number of pyridine rings is 1. The summed E-state index contributed by atoms with van der Waals surface area (Å²) in [7, 11) is -3.62. The Bertz CT molecular complexity index is 886. The lowest BCUT2D eigenvalue weighted by Gasteiger charge is -2.08. The molecule has 0 saturated heterocycles. The fraction of sp³-hybridized carbons (Fsp3) is 0.0714. The van der Waals surface area contributed by atoms with Crippen molar-refractivity contribution in [3.05, 3.63) is 59.4 Å². The number of nitrogens with zero attached hydrogens (tertiary/aromatic N) is 2. The van der Waals surface area contributed by atoms with Gasteiger partial charge in [0, 0.05) is 6.20 Å². The Hall–Kier alpha value is -1.85. The molecule has 0 unspecified atom stereocenters. The van der Waals surface area contributed by atoms with Crippen LogP contribution in [0.1, 0.15) is 5.56 Å². The lowest BCUT2D eigenvalue weighted by molar-refractivity contribution is 0.589. The summed E-state index contributed by atoms with van der Waals surface area (Å²) in [5.74, 6) is 0. The normalized spacial score (nSPS) is 11.9. The van der Waals surface area contributed by atoms with Crippen LogP contribution < -0.4 is 0 Å². The second-order valence-corrected chi connectivity index (χ2v) is 6.60. The molecule has 20 heavy (non-hydrogen) atoms. The molecule has 0 amide bonds. The second kappa shape index (κ2) is 4.61. The lowest BCUT2D eigenvalue weighted by atomic mass is 10.3. The van der Waals surface area contributed by atoms with Gasteiger partial charge in [0.05, 0.1) is 15.9 Å². The summed E-state index contributed by atoms with van der Waals surface area (Å²) >= 11 is 5.96. The number of aryl methyl sites for hydroxylation is 1. The third kappa shape index (κ3) is 1.99. The third-order valence-electron chi connectivity index (χ3n) is 3.06. The minimum absolute atomic E-state index is 0.241. The van der Waals surface area contributed by atoms with Crippen molar-refractivity contribution < 1.29 is 8.42 Å². The van der Waals surface area contributed by atoms with E-state index >= 15 is 0 Å². The SMILES string of the molecule is Cc1cc2c(ccn2S(=O)(=O)c2ccccc2)nc1Cl. The first-order valence-corrected chi connectivity index (χ1v) is 7.77. The molecule has 3 aromatic rings. The smallest absolute Gasteiger partial charge is 0.239 e. The standard InChI is InChI=1S/C14H11ClN2O2S/c1-10-9-13-12(16-14(10)15)7-8-17(13)20(18,19)11-5-3-2-4-6-11/h2-9H,1H3. The fourth-order valence-electron chi connectivity index (χ4n) is 2.02. The molecule has 102 valence electrons. The van der Waals surface area contributed by atoms with Crippen LogP contribution in [0.4, 0.5) is 0 Å². The lowest BCUT2D eigenvalue weighted by Crippen LogP contribution is -2.11. The Balaban J connectivity index is 2.28. The Kier molecular flexibility index (Phi) is 3.03. The Morgan fingerprint density at radius 1 is 1.15 bits per heavy atom. The molecular weight excluding hydrogens is 296 g/mol. The Labute approximate surface area is 121 Å². The van der Waals surface area contributed by atoms with E-state index in [1.54, 1.807) is 49.4 Å². The molecule has 0 bridgehead atoms. The van der Waals surface area contributed by atoms with Crippen molar-refractivity contribution in [2.75, 3.05) is 0 Å². The van der Waals surface area contributed by atoms with Crippen LogP contribution in [0.3, 0.4) is 0 Å². The van der Waals surface area contributed by atoms with Crippen molar-refractivity contribution in [1.82, 2.24) is 8.96 Å². The zero-order valence-electron chi connectivity index (χ0n) is 10.6. The molecule has 6 heteroatoms. The van der Waals surface area contributed by atoms with Gasteiger partial charge in [-0.15, -0.1) is 0 Å². The van der Waals surface area contributed by atoms with Gasteiger partial charge in [0.1, 0.15) is 5.15 Å². The molecule has 4 nitrogen and oxygen atoms in total. The molecule has 1 aromatic carbocycles.